The number of nitrogens with two attached hydrogens (primary N) is 1. The van der Waals surface area contributed by atoms with Crippen LogP contribution in [0.5, 0.6) is 0 Å². The van der Waals surface area contributed by atoms with Crippen LogP contribution in [0.15, 0.2) is 18.2 Å². The Balaban J connectivity index is 2.27. The topological polar surface area (TPSA) is 46.3 Å². The molecule has 18 heavy (non-hydrogen) atoms. The smallest absolute Gasteiger partial charge is 0.256 e. The van der Waals surface area contributed by atoms with Gasteiger partial charge in [-0.25, -0.2) is 0 Å². The number of anilines is 1. The minimum absolute atomic E-state index is 0.0789. The first-order valence-corrected chi connectivity index (χ1v) is 6.66. The minimum Gasteiger partial charge on any atom is -0.398 e. The normalized spacial score (nSPS) is 24.1. The van der Waals surface area contributed by atoms with Crippen molar-refractivity contribution in [1.29, 1.82) is 0 Å². The summed E-state index contributed by atoms with van der Waals surface area (Å²) in [6.45, 7) is 7.15. The highest BCUT2D eigenvalue weighted by Crippen LogP contribution is 2.25. The maximum absolute atomic E-state index is 12.6. The number of amides is 1. The summed E-state index contributed by atoms with van der Waals surface area (Å²) in [7, 11) is 0. The summed E-state index contributed by atoms with van der Waals surface area (Å²) >= 11 is 0. The summed E-state index contributed by atoms with van der Waals surface area (Å²) < 4.78 is 0. The standard InChI is InChI=1S/C15H22N2O/c1-10-5-7-14(16)13(8-10)15(18)17-9-11(2)4-6-12(17)3/h5,7-8,11-12H,4,6,9,16H2,1-3H3. The van der Waals surface area contributed by atoms with Gasteiger partial charge in [-0.2, -0.15) is 0 Å². The Morgan fingerprint density at radius 2 is 2.06 bits per heavy atom. The molecule has 0 aliphatic carbocycles. The monoisotopic (exact) mass is 246 g/mol. The van der Waals surface area contributed by atoms with Crippen molar-refractivity contribution in [2.24, 2.45) is 5.92 Å². The Kier molecular flexibility index (Phi) is 3.60. The van der Waals surface area contributed by atoms with Crippen molar-refractivity contribution in [3.8, 4) is 0 Å². The summed E-state index contributed by atoms with van der Waals surface area (Å²) in [5.41, 5.74) is 8.23. The Labute approximate surface area is 109 Å². The largest absolute Gasteiger partial charge is 0.398 e. The second-order valence-electron chi connectivity index (χ2n) is 5.58. The minimum atomic E-state index is 0.0789. The first-order valence-electron chi connectivity index (χ1n) is 6.66. The zero-order valence-electron chi connectivity index (χ0n) is 11.4. The van der Waals surface area contributed by atoms with Crippen LogP contribution in [0.4, 0.5) is 5.69 Å². The molecule has 3 nitrogen and oxygen atoms in total. The first kappa shape index (κ1) is 12.9. The number of rotatable bonds is 1. The molecule has 0 radical (unpaired) electrons. The highest BCUT2D eigenvalue weighted by atomic mass is 16.2. The number of benzene rings is 1. The van der Waals surface area contributed by atoms with Crippen LogP contribution in [0.2, 0.25) is 0 Å². The molecule has 0 spiro atoms. The van der Waals surface area contributed by atoms with Gasteiger partial charge in [-0.05, 0) is 44.7 Å². The molecular formula is C15H22N2O. The van der Waals surface area contributed by atoms with E-state index in [0.717, 1.165) is 18.5 Å². The molecule has 1 aliphatic rings. The van der Waals surface area contributed by atoms with E-state index in [4.69, 9.17) is 5.73 Å². The van der Waals surface area contributed by atoms with Gasteiger partial charge in [-0.15, -0.1) is 0 Å². The van der Waals surface area contributed by atoms with Gasteiger partial charge in [0.1, 0.15) is 0 Å². The Morgan fingerprint density at radius 1 is 1.33 bits per heavy atom. The van der Waals surface area contributed by atoms with E-state index >= 15 is 0 Å². The number of likely N-dealkylation sites (tertiary alicyclic amines) is 1. The molecule has 0 saturated carbocycles. The molecule has 2 rings (SSSR count). The number of hydrogen-bond donors (Lipinski definition) is 1. The Morgan fingerprint density at radius 3 is 2.78 bits per heavy atom. The summed E-state index contributed by atoms with van der Waals surface area (Å²) in [5.74, 6) is 0.659. The molecular weight excluding hydrogens is 224 g/mol. The van der Waals surface area contributed by atoms with Gasteiger partial charge in [0.05, 0.1) is 5.56 Å². The van der Waals surface area contributed by atoms with Crippen molar-refractivity contribution in [3.05, 3.63) is 29.3 Å². The predicted octanol–water partition coefficient (Wildman–Crippen LogP) is 2.84. The van der Waals surface area contributed by atoms with Crippen molar-refractivity contribution >= 4 is 11.6 Å². The molecule has 2 atom stereocenters. The van der Waals surface area contributed by atoms with E-state index in [1.807, 2.05) is 30.0 Å². The number of piperidine rings is 1. The lowest BCUT2D eigenvalue weighted by molar-refractivity contribution is 0.0575. The molecule has 1 aliphatic heterocycles. The molecule has 3 heteroatoms. The number of nitrogens with zero attached hydrogens (tertiary/aromatic N) is 1. The van der Waals surface area contributed by atoms with E-state index in [1.165, 1.54) is 6.42 Å². The van der Waals surface area contributed by atoms with Crippen molar-refractivity contribution < 1.29 is 4.79 Å². The summed E-state index contributed by atoms with van der Waals surface area (Å²) in [4.78, 5) is 14.5. The number of hydrogen-bond acceptors (Lipinski definition) is 2. The lowest BCUT2D eigenvalue weighted by Gasteiger charge is -2.37. The van der Waals surface area contributed by atoms with Crippen molar-refractivity contribution in [2.75, 3.05) is 12.3 Å². The lowest BCUT2D eigenvalue weighted by atomic mass is 9.94. The van der Waals surface area contributed by atoms with Gasteiger partial charge in [0.25, 0.3) is 5.91 Å². The molecule has 1 fully saturated rings. The van der Waals surface area contributed by atoms with Crippen molar-refractivity contribution in [2.45, 2.75) is 39.7 Å². The van der Waals surface area contributed by atoms with E-state index in [2.05, 4.69) is 13.8 Å². The molecule has 98 valence electrons. The van der Waals surface area contributed by atoms with Crippen LogP contribution >= 0.6 is 0 Å². The van der Waals surface area contributed by atoms with Crippen LogP contribution in [0.25, 0.3) is 0 Å². The molecule has 1 heterocycles. The highest BCUT2D eigenvalue weighted by Gasteiger charge is 2.28. The lowest BCUT2D eigenvalue weighted by Crippen LogP contribution is -2.45. The predicted molar refractivity (Wildman–Crippen MR) is 74.5 cm³/mol. The third kappa shape index (κ3) is 2.50. The molecule has 1 aromatic carbocycles. The third-order valence-corrected chi connectivity index (χ3v) is 3.82. The molecule has 1 saturated heterocycles. The maximum atomic E-state index is 12.6. The fraction of sp³-hybridized carbons (Fsp3) is 0.533. The summed E-state index contributed by atoms with van der Waals surface area (Å²) in [5, 5.41) is 0. The van der Waals surface area contributed by atoms with Crippen molar-refractivity contribution in [1.82, 2.24) is 4.90 Å². The molecule has 0 aromatic heterocycles. The van der Waals surface area contributed by atoms with E-state index in [0.29, 0.717) is 23.2 Å². The first-order chi connectivity index (χ1) is 8.49. The van der Waals surface area contributed by atoms with Crippen LogP contribution in [0, 0.1) is 12.8 Å². The molecule has 0 bridgehead atoms. The summed E-state index contributed by atoms with van der Waals surface area (Å²) in [6, 6.07) is 5.96. The van der Waals surface area contributed by atoms with Gasteiger partial charge in [-0.1, -0.05) is 18.6 Å². The van der Waals surface area contributed by atoms with Gasteiger partial charge in [0.15, 0.2) is 0 Å². The zero-order chi connectivity index (χ0) is 13.3. The zero-order valence-corrected chi connectivity index (χ0v) is 11.4. The fourth-order valence-corrected chi connectivity index (χ4v) is 2.58. The second-order valence-corrected chi connectivity index (χ2v) is 5.58. The van der Waals surface area contributed by atoms with Crippen LogP contribution in [0.3, 0.4) is 0 Å². The van der Waals surface area contributed by atoms with Crippen LogP contribution in [0.1, 0.15) is 42.6 Å². The van der Waals surface area contributed by atoms with Gasteiger partial charge in [0.2, 0.25) is 0 Å². The molecule has 2 unspecified atom stereocenters. The second kappa shape index (κ2) is 5.01. The fourth-order valence-electron chi connectivity index (χ4n) is 2.58. The van der Waals surface area contributed by atoms with Crippen LogP contribution in [-0.2, 0) is 0 Å². The quantitative estimate of drug-likeness (QED) is 0.774. The molecule has 1 aromatic rings. The van der Waals surface area contributed by atoms with Gasteiger partial charge >= 0.3 is 0 Å². The maximum Gasteiger partial charge on any atom is 0.256 e. The highest BCUT2D eigenvalue weighted by molar-refractivity contribution is 5.99. The SMILES string of the molecule is Cc1ccc(N)c(C(=O)N2CC(C)CCC2C)c1. The van der Waals surface area contributed by atoms with Gasteiger partial charge in [0, 0.05) is 18.3 Å². The molecule has 2 N–H and O–H groups in total. The molecule has 1 amide bonds. The van der Waals surface area contributed by atoms with Crippen LogP contribution in [-0.4, -0.2) is 23.4 Å². The summed E-state index contributed by atoms with van der Waals surface area (Å²) in [6.07, 6.45) is 2.28. The average molecular weight is 246 g/mol. The Hall–Kier alpha value is -1.51. The number of nitrogen functional groups attached to an aromatic ring is 1. The number of aryl methyl sites for hydroxylation is 1. The van der Waals surface area contributed by atoms with E-state index in [1.54, 1.807) is 0 Å². The van der Waals surface area contributed by atoms with E-state index in [9.17, 15) is 4.79 Å². The third-order valence-electron chi connectivity index (χ3n) is 3.82. The average Bonchev–Trinajstić information content (AvgIpc) is 2.34. The van der Waals surface area contributed by atoms with Crippen molar-refractivity contribution in [3.63, 3.8) is 0 Å². The number of carbonyl (C=O) groups excluding carboxylic acids is 1. The van der Waals surface area contributed by atoms with Crippen LogP contribution < -0.4 is 5.73 Å². The van der Waals surface area contributed by atoms with Gasteiger partial charge < -0.3 is 10.6 Å². The van der Waals surface area contributed by atoms with Gasteiger partial charge in [-0.3, -0.25) is 4.79 Å². The van der Waals surface area contributed by atoms with E-state index in [-0.39, 0.29) is 5.91 Å². The Bertz CT molecular complexity index is 456. The van der Waals surface area contributed by atoms with E-state index < -0.39 is 0 Å². The number of carbonyl (C=O) groups is 1.